The SMILES string of the molecule is CC(Cl)Oc1ccccc1N(C)C. The van der Waals surface area contributed by atoms with Crippen LogP contribution in [0.15, 0.2) is 24.3 Å². The van der Waals surface area contributed by atoms with Gasteiger partial charge in [-0.05, 0) is 19.1 Å². The summed E-state index contributed by atoms with van der Waals surface area (Å²) in [6.07, 6.45) is 0. The Morgan fingerprint density at radius 2 is 1.92 bits per heavy atom. The Bertz CT molecular complexity index is 273. The molecule has 0 bridgehead atoms. The van der Waals surface area contributed by atoms with Gasteiger partial charge in [0.15, 0.2) is 5.56 Å². The molecule has 0 spiro atoms. The lowest BCUT2D eigenvalue weighted by molar-refractivity contribution is 0.302. The first-order chi connectivity index (χ1) is 6.11. The molecule has 0 amide bonds. The molecule has 0 aliphatic heterocycles. The average Bonchev–Trinajstić information content (AvgIpc) is 2.03. The Morgan fingerprint density at radius 3 is 2.46 bits per heavy atom. The molecule has 0 aliphatic rings. The molecular formula is C10H14ClNO. The van der Waals surface area contributed by atoms with E-state index < -0.39 is 0 Å². The maximum absolute atomic E-state index is 5.75. The number of hydrogen-bond acceptors (Lipinski definition) is 2. The highest BCUT2D eigenvalue weighted by atomic mass is 35.5. The van der Waals surface area contributed by atoms with Crippen LogP contribution >= 0.6 is 11.6 Å². The van der Waals surface area contributed by atoms with Gasteiger partial charge in [0.25, 0.3) is 0 Å². The van der Waals surface area contributed by atoms with Crippen LogP contribution in [0.25, 0.3) is 0 Å². The van der Waals surface area contributed by atoms with Crippen LogP contribution in [0.4, 0.5) is 5.69 Å². The molecule has 13 heavy (non-hydrogen) atoms. The van der Waals surface area contributed by atoms with Gasteiger partial charge in [-0.2, -0.15) is 0 Å². The number of rotatable bonds is 3. The first-order valence-corrected chi connectivity index (χ1v) is 4.62. The molecule has 0 aromatic heterocycles. The summed E-state index contributed by atoms with van der Waals surface area (Å²) in [5.41, 5.74) is 0.732. The van der Waals surface area contributed by atoms with Crippen molar-refractivity contribution in [2.75, 3.05) is 19.0 Å². The summed E-state index contributed by atoms with van der Waals surface area (Å²) >= 11 is 5.75. The van der Waals surface area contributed by atoms with Crippen molar-refractivity contribution in [1.82, 2.24) is 0 Å². The molecule has 0 saturated heterocycles. The standard InChI is InChI=1S/C10H14ClNO/c1-8(11)13-10-7-5-4-6-9(10)12(2)3/h4-8H,1-3H3. The minimum absolute atomic E-state index is 0.305. The van der Waals surface area contributed by atoms with Crippen LogP contribution in [0.3, 0.4) is 0 Å². The van der Waals surface area contributed by atoms with Crippen LogP contribution in [-0.4, -0.2) is 19.7 Å². The summed E-state index contributed by atoms with van der Waals surface area (Å²) in [6.45, 7) is 1.80. The third-order valence-corrected chi connectivity index (χ3v) is 1.73. The van der Waals surface area contributed by atoms with Crippen molar-refractivity contribution in [3.63, 3.8) is 0 Å². The molecule has 1 rings (SSSR count). The van der Waals surface area contributed by atoms with Gasteiger partial charge < -0.3 is 9.64 Å². The first-order valence-electron chi connectivity index (χ1n) is 4.18. The minimum atomic E-state index is -0.305. The zero-order valence-electron chi connectivity index (χ0n) is 8.12. The highest BCUT2D eigenvalue weighted by molar-refractivity contribution is 6.19. The summed E-state index contributed by atoms with van der Waals surface area (Å²) in [6, 6.07) is 7.81. The van der Waals surface area contributed by atoms with Gasteiger partial charge in [-0.1, -0.05) is 23.7 Å². The van der Waals surface area contributed by atoms with Crippen LogP contribution in [0, 0.1) is 0 Å². The fourth-order valence-electron chi connectivity index (χ4n) is 1.10. The number of anilines is 1. The second kappa shape index (κ2) is 4.38. The molecule has 0 aliphatic carbocycles. The van der Waals surface area contributed by atoms with Crippen molar-refractivity contribution < 1.29 is 4.74 Å². The van der Waals surface area contributed by atoms with E-state index in [1.54, 1.807) is 6.92 Å². The maximum Gasteiger partial charge on any atom is 0.169 e. The van der Waals surface area contributed by atoms with Gasteiger partial charge in [0.05, 0.1) is 5.69 Å². The Morgan fingerprint density at radius 1 is 1.31 bits per heavy atom. The molecule has 0 fully saturated rings. The number of nitrogens with zero attached hydrogens (tertiary/aromatic N) is 1. The number of halogens is 1. The molecule has 1 aromatic carbocycles. The zero-order valence-corrected chi connectivity index (χ0v) is 8.88. The van der Waals surface area contributed by atoms with Crippen molar-refractivity contribution in [2.45, 2.75) is 12.5 Å². The third-order valence-electron chi connectivity index (χ3n) is 1.64. The number of hydrogen-bond donors (Lipinski definition) is 0. The van der Waals surface area contributed by atoms with E-state index in [2.05, 4.69) is 0 Å². The second-order valence-electron chi connectivity index (χ2n) is 3.02. The quantitative estimate of drug-likeness (QED) is 0.695. The largest absolute Gasteiger partial charge is 0.473 e. The number of para-hydroxylation sites is 2. The molecule has 2 nitrogen and oxygen atoms in total. The summed E-state index contributed by atoms with van der Waals surface area (Å²) < 4.78 is 5.43. The second-order valence-corrected chi connectivity index (χ2v) is 3.64. The van der Waals surface area contributed by atoms with E-state index in [9.17, 15) is 0 Å². The zero-order chi connectivity index (χ0) is 9.84. The lowest BCUT2D eigenvalue weighted by atomic mass is 10.3. The Kier molecular flexibility index (Phi) is 3.43. The van der Waals surface area contributed by atoms with Crippen molar-refractivity contribution in [2.24, 2.45) is 0 Å². The molecule has 0 heterocycles. The molecule has 1 aromatic rings. The van der Waals surface area contributed by atoms with E-state index in [4.69, 9.17) is 16.3 Å². The fraction of sp³-hybridized carbons (Fsp3) is 0.400. The maximum atomic E-state index is 5.75. The number of ether oxygens (including phenoxy) is 1. The predicted molar refractivity (Wildman–Crippen MR) is 56.7 cm³/mol. The van der Waals surface area contributed by atoms with Crippen molar-refractivity contribution in [3.05, 3.63) is 24.3 Å². The molecule has 0 radical (unpaired) electrons. The van der Waals surface area contributed by atoms with Crippen LogP contribution < -0.4 is 9.64 Å². The highest BCUT2D eigenvalue weighted by Gasteiger charge is 2.06. The monoisotopic (exact) mass is 199 g/mol. The van der Waals surface area contributed by atoms with Crippen LogP contribution in [0.2, 0.25) is 0 Å². The molecule has 1 unspecified atom stereocenters. The van der Waals surface area contributed by atoms with Gasteiger partial charge in [0.1, 0.15) is 5.75 Å². The van der Waals surface area contributed by atoms with Crippen molar-refractivity contribution in [1.29, 1.82) is 0 Å². The van der Waals surface area contributed by atoms with Gasteiger partial charge in [0, 0.05) is 14.1 Å². The molecule has 0 saturated carbocycles. The van der Waals surface area contributed by atoms with Gasteiger partial charge in [0.2, 0.25) is 0 Å². The normalized spacial score (nSPS) is 12.3. The van der Waals surface area contributed by atoms with Gasteiger partial charge in [-0.3, -0.25) is 0 Å². The van der Waals surface area contributed by atoms with E-state index in [1.165, 1.54) is 0 Å². The summed E-state index contributed by atoms with van der Waals surface area (Å²) in [5, 5.41) is 0. The van der Waals surface area contributed by atoms with Crippen LogP contribution in [0.1, 0.15) is 6.92 Å². The Labute approximate surface area is 84.1 Å². The van der Waals surface area contributed by atoms with Gasteiger partial charge in [-0.25, -0.2) is 0 Å². The van der Waals surface area contributed by atoms with Crippen molar-refractivity contribution in [3.8, 4) is 5.75 Å². The lowest BCUT2D eigenvalue weighted by Crippen LogP contribution is -2.12. The third kappa shape index (κ3) is 2.81. The average molecular weight is 200 g/mol. The lowest BCUT2D eigenvalue weighted by Gasteiger charge is -2.18. The Hall–Kier alpha value is -0.890. The van der Waals surface area contributed by atoms with E-state index in [1.807, 2.05) is 43.3 Å². The smallest absolute Gasteiger partial charge is 0.169 e. The molecule has 1 atom stereocenters. The summed E-state index contributed by atoms with van der Waals surface area (Å²) in [5.74, 6) is 0.815. The highest BCUT2D eigenvalue weighted by Crippen LogP contribution is 2.27. The van der Waals surface area contributed by atoms with E-state index in [0.29, 0.717) is 0 Å². The van der Waals surface area contributed by atoms with E-state index in [-0.39, 0.29) is 5.56 Å². The number of alkyl halides is 1. The van der Waals surface area contributed by atoms with Crippen molar-refractivity contribution >= 4 is 17.3 Å². The Balaban J connectivity index is 2.91. The summed E-state index contributed by atoms with van der Waals surface area (Å²) in [4.78, 5) is 1.99. The van der Waals surface area contributed by atoms with Gasteiger partial charge in [-0.15, -0.1) is 0 Å². The molecular weight excluding hydrogens is 186 g/mol. The summed E-state index contributed by atoms with van der Waals surface area (Å²) in [7, 11) is 3.95. The molecule has 3 heteroatoms. The van der Waals surface area contributed by atoms with E-state index in [0.717, 1.165) is 11.4 Å². The van der Waals surface area contributed by atoms with Crippen LogP contribution in [0.5, 0.6) is 5.75 Å². The van der Waals surface area contributed by atoms with Gasteiger partial charge >= 0.3 is 0 Å². The molecule has 0 N–H and O–H groups in total. The van der Waals surface area contributed by atoms with Crippen LogP contribution in [-0.2, 0) is 0 Å². The first kappa shape index (κ1) is 10.2. The number of benzene rings is 1. The minimum Gasteiger partial charge on any atom is -0.473 e. The fourth-order valence-corrected chi connectivity index (χ4v) is 1.20. The topological polar surface area (TPSA) is 12.5 Å². The van der Waals surface area contributed by atoms with E-state index >= 15 is 0 Å². The predicted octanol–water partition coefficient (Wildman–Crippen LogP) is 2.72. The molecule has 72 valence electrons.